The second-order valence-electron chi connectivity index (χ2n) is 2.40. The lowest BCUT2D eigenvalue weighted by Gasteiger charge is -2.01. The zero-order valence-electron chi connectivity index (χ0n) is 7.29. The molecule has 0 spiro atoms. The number of hydrogen-bond donors (Lipinski definition) is 0. The van der Waals surface area contributed by atoms with Gasteiger partial charge in [0.25, 0.3) is 0 Å². The van der Waals surface area contributed by atoms with Crippen molar-refractivity contribution in [2.45, 2.75) is 12.3 Å². The molecular formula is C9H10BrNO2. The normalized spacial score (nSPS) is 9.69. The van der Waals surface area contributed by atoms with Crippen molar-refractivity contribution in [3.05, 3.63) is 29.6 Å². The van der Waals surface area contributed by atoms with E-state index in [4.69, 9.17) is 4.74 Å². The molecule has 0 aliphatic carbocycles. The van der Waals surface area contributed by atoms with Crippen LogP contribution in [0.1, 0.15) is 23.0 Å². The maximum atomic E-state index is 11.2. The van der Waals surface area contributed by atoms with Gasteiger partial charge in [0.2, 0.25) is 0 Å². The number of hydrogen-bond acceptors (Lipinski definition) is 3. The average Bonchev–Trinajstić information content (AvgIpc) is 2.18. The Labute approximate surface area is 85.3 Å². The Hall–Kier alpha value is -0.900. The van der Waals surface area contributed by atoms with Crippen molar-refractivity contribution < 1.29 is 9.53 Å². The topological polar surface area (TPSA) is 39.2 Å². The van der Waals surface area contributed by atoms with Crippen LogP contribution in [-0.2, 0) is 10.1 Å². The molecule has 0 atom stereocenters. The number of rotatable bonds is 3. The van der Waals surface area contributed by atoms with Crippen molar-refractivity contribution in [3.8, 4) is 0 Å². The summed E-state index contributed by atoms with van der Waals surface area (Å²) in [4.78, 5) is 15.1. The highest BCUT2D eigenvalue weighted by atomic mass is 79.9. The first kappa shape index (κ1) is 10.2. The van der Waals surface area contributed by atoms with Gasteiger partial charge in [0.15, 0.2) is 0 Å². The fourth-order valence-electron chi connectivity index (χ4n) is 0.874. The Balaban J connectivity index is 2.82. The summed E-state index contributed by atoms with van der Waals surface area (Å²) in [5.74, 6) is -0.370. The number of ether oxygens (including phenoxy) is 1. The molecule has 0 unspecified atom stereocenters. The van der Waals surface area contributed by atoms with Crippen LogP contribution in [0.4, 0.5) is 0 Å². The van der Waals surface area contributed by atoms with Crippen LogP contribution in [0.5, 0.6) is 0 Å². The molecule has 1 aromatic rings. The van der Waals surface area contributed by atoms with Gasteiger partial charge in [-0.25, -0.2) is 9.78 Å². The fourth-order valence-corrected chi connectivity index (χ4v) is 1.22. The molecule has 0 saturated carbocycles. The number of nitrogens with zero attached hydrogens (tertiary/aromatic N) is 1. The van der Waals surface area contributed by atoms with Crippen LogP contribution in [0.15, 0.2) is 18.3 Å². The number of esters is 1. The Morgan fingerprint density at radius 1 is 1.69 bits per heavy atom. The molecule has 1 rings (SSSR count). The highest BCUT2D eigenvalue weighted by Gasteiger charge is 2.07. The fraction of sp³-hybridized carbons (Fsp3) is 0.333. The van der Waals surface area contributed by atoms with Crippen LogP contribution in [0.3, 0.4) is 0 Å². The van der Waals surface area contributed by atoms with Crippen LogP contribution in [0, 0.1) is 0 Å². The summed E-state index contributed by atoms with van der Waals surface area (Å²) in [5.41, 5.74) is 1.37. The van der Waals surface area contributed by atoms with Crippen molar-refractivity contribution >= 4 is 21.9 Å². The maximum Gasteiger partial charge on any atom is 0.356 e. The second kappa shape index (κ2) is 4.97. The van der Waals surface area contributed by atoms with E-state index in [0.29, 0.717) is 17.6 Å². The predicted octanol–water partition coefficient (Wildman–Crippen LogP) is 2.15. The first-order valence-electron chi connectivity index (χ1n) is 3.96. The van der Waals surface area contributed by atoms with Crippen molar-refractivity contribution in [2.75, 3.05) is 6.61 Å². The largest absolute Gasteiger partial charge is 0.461 e. The zero-order valence-corrected chi connectivity index (χ0v) is 8.87. The highest BCUT2D eigenvalue weighted by molar-refractivity contribution is 9.08. The van der Waals surface area contributed by atoms with Crippen molar-refractivity contribution in [3.63, 3.8) is 0 Å². The predicted molar refractivity (Wildman–Crippen MR) is 52.8 cm³/mol. The van der Waals surface area contributed by atoms with Crippen molar-refractivity contribution in [1.29, 1.82) is 0 Å². The molecule has 0 amide bonds. The van der Waals surface area contributed by atoms with E-state index in [2.05, 4.69) is 20.9 Å². The molecule has 0 radical (unpaired) electrons. The molecule has 0 aromatic carbocycles. The smallest absolute Gasteiger partial charge is 0.356 e. The number of pyridine rings is 1. The molecular weight excluding hydrogens is 234 g/mol. The van der Waals surface area contributed by atoms with E-state index in [1.165, 1.54) is 0 Å². The molecule has 13 heavy (non-hydrogen) atoms. The Morgan fingerprint density at radius 3 is 3.08 bits per heavy atom. The minimum atomic E-state index is -0.370. The summed E-state index contributed by atoms with van der Waals surface area (Å²) >= 11 is 3.30. The molecule has 0 aliphatic heterocycles. The van der Waals surface area contributed by atoms with E-state index in [-0.39, 0.29) is 5.97 Å². The Bertz CT molecular complexity index is 301. The monoisotopic (exact) mass is 243 g/mol. The first-order chi connectivity index (χ1) is 6.27. The molecule has 1 heterocycles. The molecule has 0 aliphatic rings. The van der Waals surface area contributed by atoms with Crippen LogP contribution in [0.2, 0.25) is 0 Å². The standard InChI is InChI=1S/C9H10BrNO2/c1-2-13-9(12)8-5-7(6-10)3-4-11-8/h3-5H,2,6H2,1H3. The molecule has 4 heteroatoms. The van der Waals surface area contributed by atoms with Gasteiger partial charge in [-0.15, -0.1) is 0 Å². The summed E-state index contributed by atoms with van der Waals surface area (Å²) < 4.78 is 4.81. The van der Waals surface area contributed by atoms with E-state index in [0.717, 1.165) is 5.56 Å². The third-order valence-electron chi connectivity index (χ3n) is 1.46. The lowest BCUT2D eigenvalue weighted by Crippen LogP contribution is -2.07. The third-order valence-corrected chi connectivity index (χ3v) is 2.11. The molecule has 0 N–H and O–H groups in total. The van der Waals surface area contributed by atoms with Gasteiger partial charge < -0.3 is 4.74 Å². The molecule has 3 nitrogen and oxygen atoms in total. The van der Waals surface area contributed by atoms with E-state index in [1.54, 1.807) is 19.2 Å². The van der Waals surface area contributed by atoms with Gasteiger partial charge in [0.1, 0.15) is 5.69 Å². The Morgan fingerprint density at radius 2 is 2.46 bits per heavy atom. The van der Waals surface area contributed by atoms with Gasteiger partial charge in [0.05, 0.1) is 6.61 Å². The van der Waals surface area contributed by atoms with E-state index in [9.17, 15) is 4.79 Å². The summed E-state index contributed by atoms with van der Waals surface area (Å²) in [5, 5.41) is 0.710. The molecule has 70 valence electrons. The summed E-state index contributed by atoms with van der Waals surface area (Å²) in [6.07, 6.45) is 1.60. The number of carbonyl (C=O) groups is 1. The quantitative estimate of drug-likeness (QED) is 0.604. The molecule has 0 fully saturated rings. The number of carbonyl (C=O) groups excluding carboxylic acids is 1. The minimum Gasteiger partial charge on any atom is -0.461 e. The van der Waals surface area contributed by atoms with E-state index < -0.39 is 0 Å². The second-order valence-corrected chi connectivity index (χ2v) is 2.96. The first-order valence-corrected chi connectivity index (χ1v) is 5.08. The van der Waals surface area contributed by atoms with E-state index in [1.807, 2.05) is 6.07 Å². The van der Waals surface area contributed by atoms with Crippen LogP contribution >= 0.6 is 15.9 Å². The highest BCUT2D eigenvalue weighted by Crippen LogP contribution is 2.07. The van der Waals surface area contributed by atoms with E-state index >= 15 is 0 Å². The van der Waals surface area contributed by atoms with Gasteiger partial charge in [0, 0.05) is 11.5 Å². The van der Waals surface area contributed by atoms with Crippen LogP contribution < -0.4 is 0 Å². The lowest BCUT2D eigenvalue weighted by atomic mass is 10.2. The SMILES string of the molecule is CCOC(=O)c1cc(CBr)ccn1. The summed E-state index contributed by atoms with van der Waals surface area (Å²) in [6.45, 7) is 2.14. The maximum absolute atomic E-state index is 11.2. The average molecular weight is 244 g/mol. The summed E-state index contributed by atoms with van der Waals surface area (Å²) in [6, 6.07) is 3.56. The zero-order chi connectivity index (χ0) is 9.68. The molecule has 0 bridgehead atoms. The van der Waals surface area contributed by atoms with Crippen molar-refractivity contribution in [2.24, 2.45) is 0 Å². The lowest BCUT2D eigenvalue weighted by molar-refractivity contribution is 0.0519. The number of aromatic nitrogens is 1. The number of halogens is 1. The molecule has 0 saturated heterocycles. The van der Waals surface area contributed by atoms with Crippen LogP contribution in [0.25, 0.3) is 0 Å². The van der Waals surface area contributed by atoms with Crippen LogP contribution in [-0.4, -0.2) is 17.6 Å². The minimum absolute atomic E-state index is 0.360. The Kier molecular flexibility index (Phi) is 3.89. The van der Waals surface area contributed by atoms with Crippen molar-refractivity contribution in [1.82, 2.24) is 4.98 Å². The van der Waals surface area contributed by atoms with Gasteiger partial charge in [-0.05, 0) is 24.6 Å². The summed E-state index contributed by atoms with van der Waals surface area (Å²) in [7, 11) is 0. The number of alkyl halides is 1. The van der Waals surface area contributed by atoms with Gasteiger partial charge in [-0.3, -0.25) is 0 Å². The van der Waals surface area contributed by atoms with Gasteiger partial charge in [-0.1, -0.05) is 15.9 Å². The van der Waals surface area contributed by atoms with Gasteiger partial charge >= 0.3 is 5.97 Å². The third kappa shape index (κ3) is 2.81. The van der Waals surface area contributed by atoms with Gasteiger partial charge in [-0.2, -0.15) is 0 Å². The molecule has 1 aromatic heterocycles.